The van der Waals surface area contributed by atoms with Gasteiger partial charge in [-0.25, -0.2) is 0 Å². The van der Waals surface area contributed by atoms with E-state index in [2.05, 4.69) is 10.1 Å². The summed E-state index contributed by atoms with van der Waals surface area (Å²) in [7, 11) is 0. The maximum Gasteiger partial charge on any atom is 0.303 e. The molecule has 11 heavy (non-hydrogen) atoms. The topological polar surface area (TPSA) is 88.0 Å². The van der Waals surface area contributed by atoms with E-state index in [-0.39, 0.29) is 6.42 Å². The van der Waals surface area contributed by atoms with Crippen LogP contribution in [-0.4, -0.2) is 17.7 Å². The van der Waals surface area contributed by atoms with Gasteiger partial charge in [-0.3, -0.25) is 9.63 Å². The lowest BCUT2D eigenvalue weighted by molar-refractivity contribution is -0.137. The maximum absolute atomic E-state index is 9.96. The van der Waals surface area contributed by atoms with Crippen molar-refractivity contribution in [3.05, 3.63) is 4.91 Å². The van der Waals surface area contributed by atoms with Gasteiger partial charge in [0, 0.05) is 6.42 Å². The van der Waals surface area contributed by atoms with Crippen molar-refractivity contribution < 1.29 is 14.7 Å². The lowest BCUT2D eigenvalue weighted by Crippen LogP contribution is -2.07. The van der Waals surface area contributed by atoms with Gasteiger partial charge in [0.25, 0.3) is 0 Å². The number of hydrogen-bond donors (Lipinski definition) is 2. The van der Waals surface area contributed by atoms with Crippen LogP contribution >= 0.6 is 0 Å². The Morgan fingerprint density at radius 2 is 2.27 bits per heavy atom. The van der Waals surface area contributed by atoms with Crippen molar-refractivity contribution in [2.45, 2.75) is 19.3 Å². The summed E-state index contributed by atoms with van der Waals surface area (Å²) in [5, 5.41) is 10.4. The molecule has 0 radical (unpaired) electrons. The number of aliphatic carboxylic acids is 1. The minimum atomic E-state index is -0.827. The zero-order chi connectivity index (χ0) is 8.53. The number of carboxylic acids is 1. The Balaban J connectivity index is 2.90. The fourth-order valence-corrected chi connectivity index (χ4v) is 0.522. The Morgan fingerprint density at radius 3 is 2.82 bits per heavy atom. The number of hydrogen-bond acceptors (Lipinski definition) is 4. The largest absolute Gasteiger partial charge is 0.481 e. The van der Waals surface area contributed by atoms with Crippen LogP contribution in [-0.2, 0) is 9.63 Å². The molecule has 6 nitrogen and oxygen atoms in total. The molecule has 0 atom stereocenters. The van der Waals surface area contributed by atoms with Gasteiger partial charge in [0.2, 0.25) is 0 Å². The highest BCUT2D eigenvalue weighted by atomic mass is 16.7. The van der Waals surface area contributed by atoms with E-state index >= 15 is 0 Å². The molecule has 0 saturated heterocycles. The van der Waals surface area contributed by atoms with Crippen molar-refractivity contribution in [3.63, 3.8) is 0 Å². The Morgan fingerprint density at radius 1 is 1.55 bits per heavy atom. The SMILES string of the molecule is O=NNOCCCCC(=O)O. The lowest BCUT2D eigenvalue weighted by atomic mass is 10.2. The molecule has 0 unspecified atom stereocenters. The molecule has 64 valence electrons. The fourth-order valence-electron chi connectivity index (χ4n) is 0.522. The standard InChI is InChI=1S/C5H10N2O4/c8-5(9)3-1-2-4-11-7-6-10/h1-4H2,(H,7,10)(H,8,9). The molecule has 0 aliphatic rings. The smallest absolute Gasteiger partial charge is 0.303 e. The second-order valence-electron chi connectivity index (χ2n) is 1.88. The Labute approximate surface area is 63.4 Å². The molecule has 0 saturated carbocycles. The molecule has 0 amide bonds. The summed E-state index contributed by atoms with van der Waals surface area (Å²) >= 11 is 0. The van der Waals surface area contributed by atoms with Gasteiger partial charge in [-0.2, -0.15) is 0 Å². The Hall–Kier alpha value is -1.17. The Kier molecular flexibility index (Phi) is 6.20. The third-order valence-corrected chi connectivity index (χ3v) is 0.989. The third-order valence-electron chi connectivity index (χ3n) is 0.989. The minimum Gasteiger partial charge on any atom is -0.481 e. The quantitative estimate of drug-likeness (QED) is 0.322. The molecule has 0 aromatic carbocycles. The first kappa shape index (κ1) is 9.83. The average molecular weight is 162 g/mol. The van der Waals surface area contributed by atoms with E-state index in [0.717, 1.165) is 0 Å². The summed E-state index contributed by atoms with van der Waals surface area (Å²) in [5.74, 6) is -0.827. The van der Waals surface area contributed by atoms with Gasteiger partial charge in [-0.15, -0.1) is 10.5 Å². The monoisotopic (exact) mass is 162 g/mol. The van der Waals surface area contributed by atoms with Crippen LogP contribution in [0.25, 0.3) is 0 Å². The molecule has 0 spiro atoms. The van der Waals surface area contributed by atoms with Gasteiger partial charge in [0.05, 0.1) is 11.9 Å². The van der Waals surface area contributed by atoms with E-state index in [9.17, 15) is 9.70 Å². The van der Waals surface area contributed by atoms with Crippen molar-refractivity contribution in [1.29, 1.82) is 0 Å². The van der Waals surface area contributed by atoms with Crippen molar-refractivity contribution in [2.75, 3.05) is 6.61 Å². The molecule has 2 N–H and O–H groups in total. The number of unbranched alkanes of at least 4 members (excludes halogenated alkanes) is 1. The zero-order valence-corrected chi connectivity index (χ0v) is 5.95. The fraction of sp³-hybridized carbons (Fsp3) is 0.800. The second kappa shape index (κ2) is 6.94. The highest BCUT2D eigenvalue weighted by Gasteiger charge is 1.95. The highest BCUT2D eigenvalue weighted by Crippen LogP contribution is 1.94. The number of nitrogens with zero attached hydrogens (tertiary/aromatic N) is 1. The number of nitrogens with one attached hydrogen (secondary N) is 1. The summed E-state index contributed by atoms with van der Waals surface area (Å²) in [6.07, 6.45) is 1.25. The molecule has 0 aromatic rings. The predicted octanol–water partition coefficient (Wildman–Crippen LogP) is 0.444. The van der Waals surface area contributed by atoms with E-state index in [1.54, 1.807) is 5.59 Å². The molecule has 0 aliphatic carbocycles. The van der Waals surface area contributed by atoms with Crippen molar-refractivity contribution >= 4 is 5.97 Å². The lowest BCUT2D eigenvalue weighted by Gasteiger charge is -1.97. The van der Waals surface area contributed by atoms with E-state index in [1.165, 1.54) is 0 Å². The van der Waals surface area contributed by atoms with E-state index in [4.69, 9.17) is 5.11 Å². The number of nitroso groups, excluding NO2 is 1. The van der Waals surface area contributed by atoms with Gasteiger partial charge >= 0.3 is 5.97 Å². The zero-order valence-electron chi connectivity index (χ0n) is 5.95. The van der Waals surface area contributed by atoms with E-state index in [1.807, 2.05) is 0 Å². The summed E-state index contributed by atoms with van der Waals surface area (Å²) in [6, 6.07) is 0. The average Bonchev–Trinajstić information content (AvgIpc) is 1.96. The molecule has 6 heteroatoms. The predicted molar refractivity (Wildman–Crippen MR) is 36.4 cm³/mol. The molecule has 0 rings (SSSR count). The molecule has 0 fully saturated rings. The van der Waals surface area contributed by atoms with Gasteiger partial charge in [0.1, 0.15) is 0 Å². The van der Waals surface area contributed by atoms with Crippen LogP contribution in [0.15, 0.2) is 5.29 Å². The first-order valence-electron chi connectivity index (χ1n) is 3.18. The van der Waals surface area contributed by atoms with Gasteiger partial charge in [-0.05, 0) is 12.8 Å². The molecule has 0 aromatic heterocycles. The van der Waals surface area contributed by atoms with Crippen LogP contribution < -0.4 is 5.59 Å². The molecule has 0 aliphatic heterocycles. The van der Waals surface area contributed by atoms with Crippen LogP contribution in [0.2, 0.25) is 0 Å². The van der Waals surface area contributed by atoms with E-state index in [0.29, 0.717) is 19.4 Å². The third kappa shape index (κ3) is 8.83. The van der Waals surface area contributed by atoms with Crippen LogP contribution in [0.4, 0.5) is 0 Å². The summed E-state index contributed by atoms with van der Waals surface area (Å²) in [5.41, 5.74) is 1.76. The molecule has 0 bridgehead atoms. The molecular formula is C5H10N2O4. The summed E-state index contributed by atoms with van der Waals surface area (Å²) < 4.78 is 0. The number of carbonyl (C=O) groups is 1. The van der Waals surface area contributed by atoms with Crippen molar-refractivity contribution in [1.82, 2.24) is 5.59 Å². The van der Waals surface area contributed by atoms with Crippen molar-refractivity contribution in [2.24, 2.45) is 5.29 Å². The van der Waals surface area contributed by atoms with Crippen LogP contribution in [0.1, 0.15) is 19.3 Å². The molecular weight excluding hydrogens is 152 g/mol. The summed E-state index contributed by atoms with van der Waals surface area (Å²) in [6.45, 7) is 0.291. The van der Waals surface area contributed by atoms with E-state index < -0.39 is 5.97 Å². The van der Waals surface area contributed by atoms with Gasteiger partial charge < -0.3 is 5.11 Å². The molecule has 0 heterocycles. The Bertz CT molecular complexity index is 128. The van der Waals surface area contributed by atoms with Crippen molar-refractivity contribution in [3.8, 4) is 0 Å². The first-order valence-corrected chi connectivity index (χ1v) is 3.18. The van der Waals surface area contributed by atoms with Crippen LogP contribution in [0, 0.1) is 4.91 Å². The normalized spacial score (nSPS) is 9.09. The first-order chi connectivity index (χ1) is 5.27. The minimum absolute atomic E-state index is 0.123. The van der Waals surface area contributed by atoms with Crippen LogP contribution in [0.3, 0.4) is 0 Å². The summed E-state index contributed by atoms with van der Waals surface area (Å²) in [4.78, 5) is 23.8. The van der Waals surface area contributed by atoms with Crippen LogP contribution in [0.5, 0.6) is 0 Å². The highest BCUT2D eigenvalue weighted by molar-refractivity contribution is 5.66. The van der Waals surface area contributed by atoms with Gasteiger partial charge in [0.15, 0.2) is 0 Å². The van der Waals surface area contributed by atoms with Gasteiger partial charge in [-0.1, -0.05) is 0 Å². The number of carboxylic acid groups (broad SMARTS) is 1. The maximum atomic E-state index is 9.96. The second-order valence-corrected chi connectivity index (χ2v) is 1.88. The number of rotatable bonds is 7.